The van der Waals surface area contributed by atoms with Gasteiger partial charge in [0.05, 0.1) is 11.5 Å². The number of Topliss-reactive ketones (excluding diaryl/α,β-unsaturated/α-hetero) is 1. The molecule has 1 heterocycles. The summed E-state index contributed by atoms with van der Waals surface area (Å²) in [6.07, 6.45) is 8.03. The monoisotopic (exact) mass is 506 g/mol. The summed E-state index contributed by atoms with van der Waals surface area (Å²) in [6, 6.07) is 4.85. The third-order valence-corrected chi connectivity index (χ3v) is 12.0. The van der Waals surface area contributed by atoms with E-state index in [0.717, 1.165) is 50.5 Å². The van der Waals surface area contributed by atoms with E-state index in [1.807, 2.05) is 19.9 Å². The van der Waals surface area contributed by atoms with Crippen LogP contribution in [0, 0.1) is 61.1 Å². The lowest BCUT2D eigenvalue weighted by Crippen LogP contribution is -2.63. The van der Waals surface area contributed by atoms with Crippen molar-refractivity contribution in [3.8, 4) is 12.1 Å². The number of carbonyl (C=O) groups is 2. The van der Waals surface area contributed by atoms with Crippen molar-refractivity contribution >= 4 is 11.6 Å². The number of ketones is 2. The molecule has 1 saturated heterocycles. The number of rotatable bonds is 7. The van der Waals surface area contributed by atoms with Gasteiger partial charge in [0.25, 0.3) is 0 Å². The molecule has 3 aliphatic carbocycles. The summed E-state index contributed by atoms with van der Waals surface area (Å²) in [6.45, 7) is 19.4. The summed E-state index contributed by atoms with van der Waals surface area (Å²) in [5, 5.41) is 20.2. The Kier molecular flexibility index (Phi) is 6.26. The lowest BCUT2D eigenvalue weighted by Gasteiger charge is -2.63. The number of ether oxygens (including phenoxy) is 1. The molecule has 4 rings (SSSR count). The lowest BCUT2D eigenvalue weighted by molar-refractivity contribution is -0.143. The first-order chi connectivity index (χ1) is 16.9. The van der Waals surface area contributed by atoms with Gasteiger partial charge in [0.1, 0.15) is 12.2 Å². The van der Waals surface area contributed by atoms with E-state index >= 15 is 0 Å². The van der Waals surface area contributed by atoms with Crippen molar-refractivity contribution in [2.75, 3.05) is 0 Å². The number of hydrogen-bond donors (Lipinski definition) is 0. The molecule has 0 radical (unpaired) electrons. The topological polar surface area (TPSA) is 94.2 Å². The van der Waals surface area contributed by atoms with Gasteiger partial charge in [-0.05, 0) is 73.7 Å². The van der Waals surface area contributed by atoms with Gasteiger partial charge in [0.15, 0.2) is 11.6 Å². The van der Waals surface area contributed by atoms with Crippen LogP contribution in [0.4, 0.5) is 0 Å². The Morgan fingerprint density at radius 3 is 2.27 bits per heavy atom. The van der Waals surface area contributed by atoms with E-state index in [0.29, 0.717) is 6.42 Å². The molecule has 4 aliphatic rings. The predicted molar refractivity (Wildman–Crippen MR) is 143 cm³/mol. The van der Waals surface area contributed by atoms with E-state index in [1.54, 1.807) is 0 Å². The summed E-state index contributed by atoms with van der Waals surface area (Å²) < 4.78 is 6.03. The predicted octanol–water partition coefficient (Wildman–Crippen LogP) is 7.11. The molecule has 0 amide bonds. The highest BCUT2D eigenvalue weighted by Gasteiger charge is 2.81. The molecule has 202 valence electrons. The van der Waals surface area contributed by atoms with E-state index in [1.165, 1.54) is 0 Å². The maximum absolute atomic E-state index is 13.4. The third kappa shape index (κ3) is 3.78. The molecule has 1 aliphatic heterocycles. The third-order valence-electron chi connectivity index (χ3n) is 12.0. The van der Waals surface area contributed by atoms with Gasteiger partial charge in [0.2, 0.25) is 5.60 Å². The molecule has 0 bridgehead atoms. The second-order valence-corrected chi connectivity index (χ2v) is 15.1. The van der Waals surface area contributed by atoms with Crippen LogP contribution in [-0.4, -0.2) is 23.3 Å². The highest BCUT2D eigenvalue weighted by atomic mass is 16.6. The summed E-state index contributed by atoms with van der Waals surface area (Å²) >= 11 is 0. The smallest absolute Gasteiger partial charge is 0.240 e. The molecule has 0 unspecified atom stereocenters. The van der Waals surface area contributed by atoms with E-state index in [2.05, 4.69) is 60.6 Å². The molecule has 5 nitrogen and oxygen atoms in total. The van der Waals surface area contributed by atoms with Crippen molar-refractivity contribution in [2.45, 2.75) is 125 Å². The average Bonchev–Trinajstić information content (AvgIpc) is 3.59. The van der Waals surface area contributed by atoms with Gasteiger partial charge in [-0.3, -0.25) is 9.59 Å². The number of hydrogen-bond acceptors (Lipinski definition) is 5. The van der Waals surface area contributed by atoms with Gasteiger partial charge in [-0.15, -0.1) is 0 Å². The van der Waals surface area contributed by atoms with Crippen LogP contribution in [0.15, 0.2) is 11.6 Å². The Bertz CT molecular complexity index is 1140. The maximum atomic E-state index is 13.4. The van der Waals surface area contributed by atoms with Crippen molar-refractivity contribution in [3.63, 3.8) is 0 Å². The number of nitriles is 2. The summed E-state index contributed by atoms with van der Waals surface area (Å²) in [7, 11) is 0. The molecular formula is C32H46N2O3. The number of fused-ring (bicyclic) bond motifs is 5. The van der Waals surface area contributed by atoms with E-state index in [-0.39, 0.29) is 33.7 Å². The molecular weight excluding hydrogens is 460 g/mol. The molecule has 0 aromatic carbocycles. The summed E-state index contributed by atoms with van der Waals surface area (Å²) in [5.41, 5.74) is -2.39. The van der Waals surface area contributed by atoms with Crippen molar-refractivity contribution in [3.05, 3.63) is 11.6 Å². The number of nitrogens with zero attached hydrogens (tertiary/aromatic N) is 2. The van der Waals surface area contributed by atoms with Crippen LogP contribution in [0.2, 0.25) is 0 Å². The first-order valence-electron chi connectivity index (χ1n) is 14.2. The first kappa shape index (κ1) is 28.0. The zero-order valence-electron chi connectivity index (χ0n) is 24.5. The lowest BCUT2D eigenvalue weighted by atomic mass is 9.38. The van der Waals surface area contributed by atoms with Crippen molar-refractivity contribution in [1.29, 1.82) is 10.5 Å². The fraction of sp³-hybridized carbons (Fsp3) is 0.812. The number of allylic oxidation sites excluding steroid dienone is 1. The molecule has 0 spiro atoms. The van der Waals surface area contributed by atoms with Crippen LogP contribution in [-0.2, 0) is 14.3 Å². The van der Waals surface area contributed by atoms with Crippen LogP contribution in [0.3, 0.4) is 0 Å². The van der Waals surface area contributed by atoms with E-state index in [9.17, 15) is 20.1 Å². The quantitative estimate of drug-likeness (QED) is 0.343. The van der Waals surface area contributed by atoms with Crippen LogP contribution in [0.5, 0.6) is 0 Å². The molecule has 5 heteroatoms. The van der Waals surface area contributed by atoms with Crippen molar-refractivity contribution in [2.24, 2.45) is 38.4 Å². The standard InChI is InChI=1S/C32H46N2O3/c1-10-26(2,3)13-14-28(6,19-33)15-16-29(7)18-21(35)17-23-30(29,8)12-11-22-27(4,5)24(36)32(20-34)25(37-32)31(22,23)9/h17,22,25H,10-16,18H2,1-9H3/t22-,25+,28-,29+,30+,31-,32-/m0/s1. The molecule has 37 heavy (non-hydrogen) atoms. The number of epoxide rings is 1. The van der Waals surface area contributed by atoms with Gasteiger partial charge >= 0.3 is 0 Å². The Morgan fingerprint density at radius 2 is 1.70 bits per heavy atom. The molecule has 0 aromatic heterocycles. The highest BCUT2D eigenvalue weighted by Crippen LogP contribution is 2.74. The Morgan fingerprint density at radius 1 is 1.05 bits per heavy atom. The zero-order chi connectivity index (χ0) is 27.9. The van der Waals surface area contributed by atoms with Crippen LogP contribution < -0.4 is 0 Å². The van der Waals surface area contributed by atoms with Crippen LogP contribution >= 0.6 is 0 Å². The maximum Gasteiger partial charge on any atom is 0.240 e. The Labute approximate surface area is 224 Å². The Hall–Kier alpha value is -1.98. The van der Waals surface area contributed by atoms with Gasteiger partial charge in [-0.25, -0.2) is 0 Å². The van der Waals surface area contributed by atoms with Crippen molar-refractivity contribution in [1.82, 2.24) is 0 Å². The summed E-state index contributed by atoms with van der Waals surface area (Å²) in [4.78, 5) is 26.8. The largest absolute Gasteiger partial charge is 0.342 e. The van der Waals surface area contributed by atoms with E-state index in [4.69, 9.17) is 4.74 Å². The SMILES string of the molecule is CCC(C)(C)CC[C@](C)(C#N)CC[C@]1(C)CC(=O)C=C2[C@@]3(C)[C@H]4O[C@@]4(C#N)C(=O)C(C)(C)[C@@H]3CC[C@]21C. The second-order valence-electron chi connectivity index (χ2n) is 15.1. The van der Waals surface area contributed by atoms with Gasteiger partial charge in [0, 0.05) is 17.3 Å². The summed E-state index contributed by atoms with van der Waals surface area (Å²) in [5.74, 6) is 0.0148. The van der Waals surface area contributed by atoms with Gasteiger partial charge in [-0.2, -0.15) is 10.5 Å². The average molecular weight is 507 g/mol. The van der Waals surface area contributed by atoms with Gasteiger partial charge in [-0.1, -0.05) is 67.4 Å². The normalized spacial score (nSPS) is 41.8. The fourth-order valence-electron chi connectivity index (χ4n) is 8.40. The minimum absolute atomic E-state index is 0.0107. The minimum atomic E-state index is -1.39. The first-order valence-corrected chi connectivity index (χ1v) is 14.2. The fourth-order valence-corrected chi connectivity index (χ4v) is 8.40. The minimum Gasteiger partial charge on any atom is -0.342 e. The zero-order valence-corrected chi connectivity index (χ0v) is 24.5. The second kappa shape index (κ2) is 8.26. The highest BCUT2D eigenvalue weighted by molar-refractivity contribution is 6.00. The van der Waals surface area contributed by atoms with Crippen LogP contribution in [0.1, 0.15) is 114 Å². The number of carbonyl (C=O) groups excluding carboxylic acids is 2. The molecule has 0 aromatic rings. The van der Waals surface area contributed by atoms with Gasteiger partial charge < -0.3 is 4.74 Å². The molecule has 3 fully saturated rings. The Balaban J connectivity index is 1.68. The molecule has 0 N–H and O–H groups in total. The van der Waals surface area contributed by atoms with E-state index < -0.39 is 27.9 Å². The molecule has 2 saturated carbocycles. The van der Waals surface area contributed by atoms with Crippen LogP contribution in [0.25, 0.3) is 0 Å². The molecule has 7 atom stereocenters. The van der Waals surface area contributed by atoms with Crippen molar-refractivity contribution < 1.29 is 14.3 Å².